The molecule has 100 valence electrons. The molecule has 0 aliphatic heterocycles. The van der Waals surface area contributed by atoms with Gasteiger partial charge in [-0.3, -0.25) is 9.36 Å². The van der Waals surface area contributed by atoms with Crippen LogP contribution in [0.4, 0.5) is 0 Å². The summed E-state index contributed by atoms with van der Waals surface area (Å²) < 4.78 is 1.66. The molecule has 0 radical (unpaired) electrons. The molecule has 0 aliphatic rings. The summed E-state index contributed by atoms with van der Waals surface area (Å²) in [5, 5.41) is 0. The molecule has 0 N–H and O–H groups in total. The van der Waals surface area contributed by atoms with Gasteiger partial charge in [0.15, 0.2) is 0 Å². The SMILES string of the molecule is Cc1cc(C)c(C(=O)n2ccnc2C(C)C)c(C)c1. The maximum absolute atomic E-state index is 12.7. The zero-order chi connectivity index (χ0) is 14.2. The smallest absolute Gasteiger partial charge is 0.263 e. The summed E-state index contributed by atoms with van der Waals surface area (Å²) in [5.41, 5.74) is 4.00. The van der Waals surface area contributed by atoms with Crippen molar-refractivity contribution in [2.75, 3.05) is 0 Å². The minimum Gasteiger partial charge on any atom is -0.269 e. The molecule has 3 heteroatoms. The van der Waals surface area contributed by atoms with E-state index in [9.17, 15) is 4.79 Å². The van der Waals surface area contributed by atoms with Crippen molar-refractivity contribution < 1.29 is 4.79 Å². The molecule has 0 unspecified atom stereocenters. The zero-order valence-corrected chi connectivity index (χ0v) is 12.2. The number of aryl methyl sites for hydroxylation is 3. The molecule has 3 nitrogen and oxygen atoms in total. The van der Waals surface area contributed by atoms with Crippen LogP contribution in [0.15, 0.2) is 24.5 Å². The molecule has 0 aliphatic carbocycles. The van der Waals surface area contributed by atoms with Gasteiger partial charge in [0, 0.05) is 23.9 Å². The highest BCUT2D eigenvalue weighted by Crippen LogP contribution is 2.20. The number of imidazole rings is 1. The van der Waals surface area contributed by atoms with Gasteiger partial charge in [-0.2, -0.15) is 0 Å². The molecular weight excluding hydrogens is 236 g/mol. The lowest BCUT2D eigenvalue weighted by Crippen LogP contribution is -2.18. The Bertz CT molecular complexity index is 600. The highest BCUT2D eigenvalue weighted by atomic mass is 16.2. The topological polar surface area (TPSA) is 34.9 Å². The maximum Gasteiger partial charge on any atom is 0.263 e. The molecule has 0 spiro atoms. The van der Waals surface area contributed by atoms with E-state index < -0.39 is 0 Å². The summed E-state index contributed by atoms with van der Waals surface area (Å²) in [6.07, 6.45) is 3.43. The van der Waals surface area contributed by atoms with Gasteiger partial charge in [-0.15, -0.1) is 0 Å². The highest BCUT2D eigenvalue weighted by molar-refractivity contribution is 5.99. The van der Waals surface area contributed by atoms with Crippen molar-refractivity contribution in [2.45, 2.75) is 40.5 Å². The summed E-state index contributed by atoms with van der Waals surface area (Å²) in [5.74, 6) is 1.05. The second kappa shape index (κ2) is 5.00. The molecular formula is C16H20N2O. The Morgan fingerprint density at radius 3 is 2.26 bits per heavy atom. The normalized spacial score (nSPS) is 11.1. The predicted octanol–water partition coefficient (Wildman–Crippen LogP) is 3.62. The summed E-state index contributed by atoms with van der Waals surface area (Å²) in [7, 11) is 0. The van der Waals surface area contributed by atoms with Gasteiger partial charge >= 0.3 is 0 Å². The van der Waals surface area contributed by atoms with Crippen LogP contribution in [0.2, 0.25) is 0 Å². The fourth-order valence-corrected chi connectivity index (χ4v) is 2.55. The van der Waals surface area contributed by atoms with Gasteiger partial charge < -0.3 is 0 Å². The molecule has 0 saturated carbocycles. The van der Waals surface area contributed by atoms with Crippen LogP contribution in [0.5, 0.6) is 0 Å². The largest absolute Gasteiger partial charge is 0.269 e. The van der Waals surface area contributed by atoms with Crippen LogP contribution in [0, 0.1) is 20.8 Å². The molecule has 1 aromatic heterocycles. The maximum atomic E-state index is 12.7. The van der Waals surface area contributed by atoms with Crippen LogP contribution in [0.1, 0.15) is 52.6 Å². The van der Waals surface area contributed by atoms with E-state index in [0.29, 0.717) is 0 Å². The molecule has 1 aromatic carbocycles. The lowest BCUT2D eigenvalue weighted by atomic mass is 9.99. The molecule has 0 bridgehead atoms. The first kappa shape index (κ1) is 13.5. The van der Waals surface area contributed by atoms with Crippen LogP contribution in [0.25, 0.3) is 0 Å². The Morgan fingerprint density at radius 1 is 1.16 bits per heavy atom. The number of benzene rings is 1. The quantitative estimate of drug-likeness (QED) is 0.822. The Kier molecular flexibility index (Phi) is 3.56. The van der Waals surface area contributed by atoms with E-state index in [0.717, 1.165) is 22.5 Å². The van der Waals surface area contributed by atoms with Crippen molar-refractivity contribution in [2.24, 2.45) is 0 Å². The number of carbonyl (C=O) groups excluding carboxylic acids is 1. The van der Waals surface area contributed by atoms with E-state index in [2.05, 4.69) is 4.98 Å². The highest BCUT2D eigenvalue weighted by Gasteiger charge is 2.18. The van der Waals surface area contributed by atoms with E-state index in [-0.39, 0.29) is 11.8 Å². The van der Waals surface area contributed by atoms with Crippen molar-refractivity contribution >= 4 is 5.91 Å². The van der Waals surface area contributed by atoms with E-state index in [1.54, 1.807) is 17.0 Å². The first-order valence-electron chi connectivity index (χ1n) is 6.57. The number of hydrogen-bond donors (Lipinski definition) is 0. The Labute approximate surface area is 114 Å². The summed E-state index contributed by atoms with van der Waals surface area (Å²) in [6.45, 7) is 10.1. The van der Waals surface area contributed by atoms with Crippen molar-refractivity contribution in [3.8, 4) is 0 Å². The summed E-state index contributed by atoms with van der Waals surface area (Å²) >= 11 is 0. The van der Waals surface area contributed by atoms with Gasteiger partial charge in [-0.25, -0.2) is 4.98 Å². The number of nitrogens with zero attached hydrogens (tertiary/aromatic N) is 2. The van der Waals surface area contributed by atoms with Crippen LogP contribution >= 0.6 is 0 Å². The van der Waals surface area contributed by atoms with Crippen molar-refractivity contribution in [1.29, 1.82) is 0 Å². The second-order valence-electron chi connectivity index (χ2n) is 5.39. The van der Waals surface area contributed by atoms with Crippen LogP contribution in [0.3, 0.4) is 0 Å². The van der Waals surface area contributed by atoms with E-state index in [4.69, 9.17) is 0 Å². The van der Waals surface area contributed by atoms with Gasteiger partial charge in [0.05, 0.1) is 0 Å². The van der Waals surface area contributed by atoms with Gasteiger partial charge in [-0.05, 0) is 31.9 Å². The summed E-state index contributed by atoms with van der Waals surface area (Å²) in [6, 6.07) is 4.10. The standard InChI is InChI=1S/C16H20N2O/c1-10(2)15-17-6-7-18(15)16(19)14-12(4)8-11(3)9-13(14)5/h6-10H,1-5H3. The number of aromatic nitrogens is 2. The number of carbonyl (C=O) groups is 1. The third-order valence-corrected chi connectivity index (χ3v) is 3.30. The monoisotopic (exact) mass is 256 g/mol. The molecule has 19 heavy (non-hydrogen) atoms. The van der Waals surface area contributed by atoms with Crippen LogP contribution in [-0.4, -0.2) is 15.5 Å². The molecule has 2 rings (SSSR count). The minimum absolute atomic E-state index is 0.0104. The predicted molar refractivity (Wildman–Crippen MR) is 76.7 cm³/mol. The van der Waals surface area contributed by atoms with Crippen LogP contribution < -0.4 is 0 Å². The fraction of sp³-hybridized carbons (Fsp3) is 0.375. The van der Waals surface area contributed by atoms with Gasteiger partial charge in [0.1, 0.15) is 5.82 Å². The average molecular weight is 256 g/mol. The van der Waals surface area contributed by atoms with E-state index in [1.165, 1.54) is 5.56 Å². The first-order valence-corrected chi connectivity index (χ1v) is 6.57. The minimum atomic E-state index is 0.0104. The number of hydrogen-bond acceptors (Lipinski definition) is 2. The molecule has 0 saturated heterocycles. The lowest BCUT2D eigenvalue weighted by molar-refractivity contribution is 0.0954. The molecule has 0 atom stereocenters. The van der Waals surface area contributed by atoms with Gasteiger partial charge in [-0.1, -0.05) is 31.5 Å². The summed E-state index contributed by atoms with van der Waals surface area (Å²) in [4.78, 5) is 17.0. The van der Waals surface area contributed by atoms with Crippen molar-refractivity contribution in [1.82, 2.24) is 9.55 Å². The Balaban J connectivity index is 2.54. The number of rotatable bonds is 2. The van der Waals surface area contributed by atoms with Crippen LogP contribution in [-0.2, 0) is 0 Å². The van der Waals surface area contributed by atoms with Crippen molar-refractivity contribution in [3.63, 3.8) is 0 Å². The van der Waals surface area contributed by atoms with Gasteiger partial charge in [0.2, 0.25) is 0 Å². The Morgan fingerprint density at radius 2 is 1.74 bits per heavy atom. The van der Waals surface area contributed by atoms with Crippen molar-refractivity contribution in [3.05, 3.63) is 52.6 Å². The average Bonchev–Trinajstić information content (AvgIpc) is 2.75. The fourth-order valence-electron chi connectivity index (χ4n) is 2.55. The zero-order valence-electron chi connectivity index (χ0n) is 12.2. The first-order chi connectivity index (χ1) is 8.91. The lowest BCUT2D eigenvalue weighted by Gasteiger charge is -2.13. The molecule has 0 fully saturated rings. The third kappa shape index (κ3) is 2.46. The van der Waals surface area contributed by atoms with Gasteiger partial charge in [0.25, 0.3) is 5.91 Å². The molecule has 0 amide bonds. The second-order valence-corrected chi connectivity index (χ2v) is 5.39. The third-order valence-electron chi connectivity index (χ3n) is 3.30. The molecule has 2 aromatic rings. The van der Waals surface area contributed by atoms with E-state index in [1.807, 2.05) is 46.8 Å². The Hall–Kier alpha value is -1.90. The van der Waals surface area contributed by atoms with E-state index >= 15 is 0 Å². The molecule has 1 heterocycles.